The van der Waals surface area contributed by atoms with Crippen LogP contribution in [0.4, 0.5) is 0 Å². The van der Waals surface area contributed by atoms with E-state index in [4.69, 9.17) is 13.8 Å². The van der Waals surface area contributed by atoms with Crippen molar-refractivity contribution in [3.63, 3.8) is 0 Å². The predicted octanol–water partition coefficient (Wildman–Crippen LogP) is 18.7. The standard InChI is InChI=1S/C62H119N2O7P/c1-7-10-13-16-19-22-25-28-30-31-32-33-34-36-39-42-45-48-51-54-61(65)63-59(58-70-72(67,68)69-57-56-64(4,5)6)60(53-50-47-44-41-38-35-27-24-21-18-15-12-9-3)71-62(66)55-52-49-46-43-40-37-29-26-23-20-17-14-11-8-2/h11,14,20,23,50,53,59-60H,7-10,12-13,15-19,21-22,24-49,51-52,54-58H2,1-6H3,(H-,63,65,67,68)/p+1/b14-11+,23-20+,53-50+. The number of nitrogens with one attached hydrogen (secondary N) is 1. The molecule has 0 radical (unpaired) electrons. The van der Waals surface area contributed by atoms with Gasteiger partial charge < -0.3 is 19.4 Å². The summed E-state index contributed by atoms with van der Waals surface area (Å²) in [5.74, 6) is -0.501. The van der Waals surface area contributed by atoms with Gasteiger partial charge in [0.05, 0.1) is 33.8 Å². The van der Waals surface area contributed by atoms with Crippen molar-refractivity contribution in [1.29, 1.82) is 0 Å². The molecule has 0 heterocycles. The summed E-state index contributed by atoms with van der Waals surface area (Å²) < 4.78 is 30.7. The first kappa shape index (κ1) is 70.2. The number of carbonyl (C=O) groups is 2. The van der Waals surface area contributed by atoms with Crippen LogP contribution in [0.15, 0.2) is 36.5 Å². The second-order valence-corrected chi connectivity index (χ2v) is 23.7. The number of allylic oxidation sites excluding steroid dienone is 5. The molecule has 424 valence electrons. The molecule has 0 fully saturated rings. The maximum Gasteiger partial charge on any atom is 0.472 e. The molecule has 72 heavy (non-hydrogen) atoms. The van der Waals surface area contributed by atoms with Crippen LogP contribution in [0.3, 0.4) is 0 Å². The van der Waals surface area contributed by atoms with Crippen LogP contribution in [0.1, 0.15) is 297 Å². The lowest BCUT2D eigenvalue weighted by Crippen LogP contribution is -2.47. The zero-order chi connectivity index (χ0) is 52.9. The topological polar surface area (TPSA) is 111 Å². The Labute approximate surface area is 446 Å². The van der Waals surface area contributed by atoms with Crippen LogP contribution < -0.4 is 5.32 Å². The Morgan fingerprint density at radius 2 is 0.889 bits per heavy atom. The van der Waals surface area contributed by atoms with E-state index in [-0.39, 0.29) is 31.5 Å². The Morgan fingerprint density at radius 3 is 1.32 bits per heavy atom. The molecule has 3 unspecified atom stereocenters. The minimum absolute atomic E-state index is 0.0412. The van der Waals surface area contributed by atoms with E-state index in [1.807, 2.05) is 33.3 Å². The van der Waals surface area contributed by atoms with Crippen LogP contribution in [0.5, 0.6) is 0 Å². The SMILES string of the molecule is CC/C=C/C/C=C/CCCCCCCCCC(=O)OC(/C=C/CCCCCCCCCCCCC)C(COP(=O)(O)OCC[N+](C)(C)C)NC(=O)CCCCCCCCCCCCCCCCCCCCC. The highest BCUT2D eigenvalue weighted by molar-refractivity contribution is 7.47. The third-order valence-electron chi connectivity index (χ3n) is 13.8. The quantitative estimate of drug-likeness (QED) is 0.0205. The number of nitrogens with zero attached hydrogens (tertiary/aromatic N) is 1. The molecule has 0 saturated heterocycles. The van der Waals surface area contributed by atoms with E-state index in [2.05, 4.69) is 50.4 Å². The lowest BCUT2D eigenvalue weighted by Gasteiger charge is -2.27. The van der Waals surface area contributed by atoms with Gasteiger partial charge in [-0.15, -0.1) is 0 Å². The molecule has 0 bridgehead atoms. The minimum Gasteiger partial charge on any atom is -0.456 e. The van der Waals surface area contributed by atoms with Gasteiger partial charge in [-0.2, -0.15) is 0 Å². The van der Waals surface area contributed by atoms with E-state index in [0.29, 0.717) is 17.4 Å². The number of carbonyl (C=O) groups excluding carboxylic acids is 2. The number of hydrogen-bond donors (Lipinski definition) is 2. The van der Waals surface area contributed by atoms with E-state index in [0.717, 1.165) is 83.5 Å². The zero-order valence-corrected chi connectivity index (χ0v) is 49.3. The number of ether oxygens (including phenoxy) is 1. The number of likely N-dealkylation sites (N-methyl/N-ethyl adjacent to an activating group) is 1. The highest BCUT2D eigenvalue weighted by Crippen LogP contribution is 2.43. The average molecular weight is 1040 g/mol. The molecule has 9 nitrogen and oxygen atoms in total. The molecule has 3 atom stereocenters. The first-order valence-electron chi connectivity index (χ1n) is 30.8. The van der Waals surface area contributed by atoms with Gasteiger partial charge >= 0.3 is 13.8 Å². The number of phosphoric ester groups is 1. The van der Waals surface area contributed by atoms with Gasteiger partial charge in [-0.1, -0.05) is 263 Å². The van der Waals surface area contributed by atoms with E-state index < -0.39 is 20.0 Å². The normalized spacial score (nSPS) is 13.9. The van der Waals surface area contributed by atoms with Gasteiger partial charge in [0, 0.05) is 12.8 Å². The number of amides is 1. The first-order valence-corrected chi connectivity index (χ1v) is 32.3. The first-order chi connectivity index (χ1) is 34.9. The van der Waals surface area contributed by atoms with Gasteiger partial charge in [0.15, 0.2) is 0 Å². The van der Waals surface area contributed by atoms with E-state index in [1.165, 1.54) is 180 Å². The number of hydrogen-bond acceptors (Lipinski definition) is 6. The van der Waals surface area contributed by atoms with E-state index in [1.54, 1.807) is 0 Å². The Morgan fingerprint density at radius 1 is 0.500 bits per heavy atom. The van der Waals surface area contributed by atoms with Gasteiger partial charge in [0.2, 0.25) is 5.91 Å². The molecule has 0 aromatic carbocycles. The van der Waals surface area contributed by atoms with Gasteiger partial charge in [-0.25, -0.2) is 4.57 Å². The molecular formula is C62H120N2O7P+. The van der Waals surface area contributed by atoms with Crippen LogP contribution in [-0.2, 0) is 27.9 Å². The third kappa shape index (κ3) is 53.1. The molecule has 10 heteroatoms. The van der Waals surface area contributed by atoms with Crippen LogP contribution in [0.25, 0.3) is 0 Å². The summed E-state index contributed by atoms with van der Waals surface area (Å²) in [7, 11) is 1.50. The lowest BCUT2D eigenvalue weighted by molar-refractivity contribution is -0.870. The number of unbranched alkanes of at least 4 members (excludes halogenated alkanes) is 36. The molecule has 1 amide bonds. The zero-order valence-electron chi connectivity index (χ0n) is 48.4. The van der Waals surface area contributed by atoms with Crippen LogP contribution in [0, 0.1) is 0 Å². The Balaban J connectivity index is 5.25. The van der Waals surface area contributed by atoms with Crippen LogP contribution in [0.2, 0.25) is 0 Å². The second kappa shape index (κ2) is 52.7. The fourth-order valence-corrected chi connectivity index (χ4v) is 9.83. The Bertz CT molecular complexity index is 1330. The molecule has 0 saturated carbocycles. The highest BCUT2D eigenvalue weighted by Gasteiger charge is 2.30. The van der Waals surface area contributed by atoms with Crippen molar-refractivity contribution >= 4 is 19.7 Å². The minimum atomic E-state index is -4.44. The average Bonchev–Trinajstić information content (AvgIpc) is 3.34. The fourth-order valence-electron chi connectivity index (χ4n) is 9.10. The van der Waals surface area contributed by atoms with Crippen molar-refractivity contribution in [3.8, 4) is 0 Å². The van der Waals surface area contributed by atoms with Crippen molar-refractivity contribution in [2.24, 2.45) is 0 Å². The molecule has 0 rings (SSSR count). The molecule has 0 spiro atoms. The molecule has 0 aliphatic rings. The number of quaternary nitrogens is 1. The third-order valence-corrected chi connectivity index (χ3v) is 14.8. The summed E-state index contributed by atoms with van der Waals surface area (Å²) in [5, 5.41) is 3.06. The van der Waals surface area contributed by atoms with Crippen molar-refractivity contribution in [2.45, 2.75) is 309 Å². The van der Waals surface area contributed by atoms with Crippen molar-refractivity contribution in [3.05, 3.63) is 36.5 Å². The number of rotatable bonds is 56. The van der Waals surface area contributed by atoms with Gasteiger partial charge in [0.1, 0.15) is 19.3 Å². The molecule has 0 aromatic heterocycles. The summed E-state index contributed by atoms with van der Waals surface area (Å²) in [5.41, 5.74) is 0. The maximum atomic E-state index is 13.5. The largest absolute Gasteiger partial charge is 0.472 e. The van der Waals surface area contributed by atoms with Crippen molar-refractivity contribution in [2.75, 3.05) is 40.9 Å². The fraction of sp³-hybridized carbons (Fsp3) is 0.871. The van der Waals surface area contributed by atoms with Gasteiger partial charge in [-0.05, 0) is 57.4 Å². The van der Waals surface area contributed by atoms with Gasteiger partial charge in [0.25, 0.3) is 0 Å². The number of phosphoric acid groups is 1. The second-order valence-electron chi connectivity index (χ2n) is 22.2. The summed E-state index contributed by atoms with van der Waals surface area (Å²) in [6, 6.07) is -0.847. The van der Waals surface area contributed by atoms with Crippen molar-refractivity contribution in [1.82, 2.24) is 5.32 Å². The van der Waals surface area contributed by atoms with Crippen molar-refractivity contribution < 1.29 is 37.3 Å². The molecule has 0 aliphatic heterocycles. The highest BCUT2D eigenvalue weighted by atomic mass is 31.2. The summed E-state index contributed by atoms with van der Waals surface area (Å²) >= 11 is 0. The summed E-state index contributed by atoms with van der Waals surface area (Å²) in [4.78, 5) is 37.7. The Hall–Kier alpha value is -1.77. The van der Waals surface area contributed by atoms with Crippen LogP contribution in [-0.4, -0.2) is 74.3 Å². The van der Waals surface area contributed by atoms with Crippen LogP contribution >= 0.6 is 7.82 Å². The summed E-state index contributed by atoms with van der Waals surface area (Å²) in [6.45, 7) is 6.94. The van der Waals surface area contributed by atoms with Gasteiger partial charge in [-0.3, -0.25) is 18.6 Å². The predicted molar refractivity (Wildman–Crippen MR) is 309 cm³/mol. The van der Waals surface area contributed by atoms with E-state index in [9.17, 15) is 19.0 Å². The smallest absolute Gasteiger partial charge is 0.456 e. The molecule has 2 N–H and O–H groups in total. The monoisotopic (exact) mass is 1040 g/mol. The summed E-state index contributed by atoms with van der Waals surface area (Å²) in [6.07, 6.45) is 62.8. The maximum absolute atomic E-state index is 13.5. The Kier molecular flexibility index (Phi) is 51.4. The lowest BCUT2D eigenvalue weighted by atomic mass is 10.0. The molecular weight excluding hydrogens is 916 g/mol. The molecule has 0 aliphatic carbocycles. The number of esters is 1. The van der Waals surface area contributed by atoms with E-state index >= 15 is 0 Å². The molecule has 0 aromatic rings.